The third kappa shape index (κ3) is 4.18. The summed E-state index contributed by atoms with van der Waals surface area (Å²) in [6.07, 6.45) is 0.912. The molecule has 1 heterocycles. The SMILES string of the molecule is CCNCCCn1c(C(=O)OCC)c2ccc(Cl)cc2c1-c1ccccc1. The maximum absolute atomic E-state index is 12.8. The minimum Gasteiger partial charge on any atom is -0.461 e. The monoisotopic (exact) mass is 384 g/mol. The van der Waals surface area contributed by atoms with E-state index in [-0.39, 0.29) is 5.97 Å². The molecule has 0 amide bonds. The van der Waals surface area contributed by atoms with Gasteiger partial charge in [-0.15, -0.1) is 0 Å². The Labute approximate surface area is 165 Å². The fraction of sp³-hybridized carbons (Fsp3) is 0.318. The van der Waals surface area contributed by atoms with Crippen LogP contribution in [0.25, 0.3) is 22.0 Å². The van der Waals surface area contributed by atoms with E-state index >= 15 is 0 Å². The summed E-state index contributed by atoms with van der Waals surface area (Å²) in [6.45, 7) is 6.80. The average Bonchev–Trinajstić information content (AvgIpc) is 2.99. The number of ether oxygens (including phenoxy) is 1. The van der Waals surface area contributed by atoms with Gasteiger partial charge < -0.3 is 14.6 Å². The fourth-order valence-corrected chi connectivity index (χ4v) is 3.58. The summed E-state index contributed by atoms with van der Waals surface area (Å²) in [5.74, 6) is -0.296. The Kier molecular flexibility index (Phi) is 6.54. The van der Waals surface area contributed by atoms with Crippen LogP contribution < -0.4 is 5.32 Å². The van der Waals surface area contributed by atoms with Crippen molar-refractivity contribution >= 4 is 28.3 Å². The number of halogens is 1. The summed E-state index contributed by atoms with van der Waals surface area (Å²) in [6, 6.07) is 15.8. The standard InChI is InChI=1S/C22H25ClN2O2/c1-3-24-13-8-14-25-20(16-9-6-5-7-10-16)19-15-17(23)11-12-18(19)21(25)22(26)27-4-2/h5-7,9-12,15,24H,3-4,8,13-14H2,1-2H3. The van der Waals surface area contributed by atoms with Gasteiger partial charge in [0.1, 0.15) is 5.69 Å². The van der Waals surface area contributed by atoms with E-state index in [1.165, 1.54) is 0 Å². The molecule has 27 heavy (non-hydrogen) atoms. The first-order valence-corrected chi connectivity index (χ1v) is 9.80. The number of esters is 1. The second-order valence-electron chi connectivity index (χ2n) is 6.33. The molecule has 0 saturated heterocycles. The molecular formula is C22H25ClN2O2. The zero-order valence-corrected chi connectivity index (χ0v) is 16.6. The van der Waals surface area contributed by atoms with E-state index in [9.17, 15) is 4.79 Å². The minimum atomic E-state index is -0.296. The predicted octanol–water partition coefficient (Wildman–Crippen LogP) is 5.14. The molecular weight excluding hydrogens is 360 g/mol. The van der Waals surface area contributed by atoms with E-state index in [1.54, 1.807) is 0 Å². The van der Waals surface area contributed by atoms with Crippen molar-refractivity contribution in [3.63, 3.8) is 0 Å². The Bertz CT molecular complexity index is 919. The van der Waals surface area contributed by atoms with Gasteiger partial charge in [0.15, 0.2) is 0 Å². The highest BCUT2D eigenvalue weighted by Crippen LogP contribution is 2.36. The first kappa shape index (κ1) is 19.5. The lowest BCUT2D eigenvalue weighted by Gasteiger charge is -2.14. The number of hydrogen-bond acceptors (Lipinski definition) is 3. The maximum Gasteiger partial charge on any atom is 0.355 e. The third-order valence-electron chi connectivity index (χ3n) is 4.53. The van der Waals surface area contributed by atoms with Crippen molar-refractivity contribution < 1.29 is 9.53 Å². The van der Waals surface area contributed by atoms with Gasteiger partial charge in [-0.25, -0.2) is 4.79 Å². The van der Waals surface area contributed by atoms with Crippen molar-refractivity contribution in [2.24, 2.45) is 0 Å². The molecule has 0 aliphatic heterocycles. The lowest BCUT2D eigenvalue weighted by Crippen LogP contribution is -2.18. The van der Waals surface area contributed by atoms with Crippen LogP contribution in [0.2, 0.25) is 5.02 Å². The Balaban J connectivity index is 2.21. The van der Waals surface area contributed by atoms with Gasteiger partial charge >= 0.3 is 5.97 Å². The highest BCUT2D eigenvalue weighted by atomic mass is 35.5. The van der Waals surface area contributed by atoms with Gasteiger partial charge in [0.25, 0.3) is 0 Å². The average molecular weight is 385 g/mol. The quantitative estimate of drug-likeness (QED) is 0.432. The van der Waals surface area contributed by atoms with Gasteiger partial charge in [0.2, 0.25) is 0 Å². The second-order valence-corrected chi connectivity index (χ2v) is 6.77. The van der Waals surface area contributed by atoms with E-state index < -0.39 is 0 Å². The van der Waals surface area contributed by atoms with Gasteiger partial charge in [-0.05, 0) is 44.1 Å². The molecule has 0 atom stereocenters. The molecule has 0 saturated carbocycles. The summed E-state index contributed by atoms with van der Waals surface area (Å²) >= 11 is 6.29. The summed E-state index contributed by atoms with van der Waals surface area (Å²) in [4.78, 5) is 12.8. The molecule has 4 nitrogen and oxygen atoms in total. The predicted molar refractivity (Wildman–Crippen MR) is 112 cm³/mol. The number of nitrogens with one attached hydrogen (secondary N) is 1. The normalized spacial score (nSPS) is 11.1. The highest BCUT2D eigenvalue weighted by Gasteiger charge is 2.24. The number of hydrogen-bond donors (Lipinski definition) is 1. The number of aromatic nitrogens is 1. The molecule has 0 aliphatic rings. The topological polar surface area (TPSA) is 43.3 Å². The lowest BCUT2D eigenvalue weighted by molar-refractivity contribution is 0.0516. The van der Waals surface area contributed by atoms with Gasteiger partial charge in [-0.1, -0.05) is 54.9 Å². The number of benzene rings is 2. The Morgan fingerprint density at radius 3 is 2.59 bits per heavy atom. The van der Waals surface area contributed by atoms with E-state index in [1.807, 2.05) is 43.3 Å². The van der Waals surface area contributed by atoms with Crippen LogP contribution in [0.1, 0.15) is 30.8 Å². The maximum atomic E-state index is 12.8. The van der Waals surface area contributed by atoms with Crippen molar-refractivity contribution in [2.45, 2.75) is 26.8 Å². The molecule has 142 valence electrons. The first-order valence-electron chi connectivity index (χ1n) is 9.42. The zero-order valence-electron chi connectivity index (χ0n) is 15.8. The van der Waals surface area contributed by atoms with E-state index in [2.05, 4.69) is 28.9 Å². The Morgan fingerprint density at radius 2 is 1.89 bits per heavy atom. The molecule has 0 fully saturated rings. The number of rotatable bonds is 8. The van der Waals surface area contributed by atoms with Gasteiger partial charge in [-0.3, -0.25) is 0 Å². The highest BCUT2D eigenvalue weighted by molar-refractivity contribution is 6.31. The number of carbonyl (C=O) groups excluding carboxylic acids is 1. The van der Waals surface area contributed by atoms with Crippen LogP contribution in [0.15, 0.2) is 48.5 Å². The number of fused-ring (bicyclic) bond motifs is 1. The summed E-state index contributed by atoms with van der Waals surface area (Å²) in [5.41, 5.74) is 2.66. The molecule has 2 aromatic carbocycles. The van der Waals surface area contributed by atoms with Crippen molar-refractivity contribution in [2.75, 3.05) is 19.7 Å². The minimum absolute atomic E-state index is 0.296. The molecule has 5 heteroatoms. The van der Waals surface area contributed by atoms with Crippen molar-refractivity contribution in [3.05, 3.63) is 59.2 Å². The van der Waals surface area contributed by atoms with Crippen LogP contribution in [0, 0.1) is 0 Å². The molecule has 0 unspecified atom stereocenters. The van der Waals surface area contributed by atoms with Crippen LogP contribution >= 0.6 is 11.6 Å². The van der Waals surface area contributed by atoms with Crippen molar-refractivity contribution in [1.82, 2.24) is 9.88 Å². The summed E-state index contributed by atoms with van der Waals surface area (Å²) < 4.78 is 7.46. The molecule has 3 aromatic rings. The third-order valence-corrected chi connectivity index (χ3v) is 4.77. The summed E-state index contributed by atoms with van der Waals surface area (Å²) in [7, 11) is 0. The molecule has 0 aliphatic carbocycles. The van der Waals surface area contributed by atoms with E-state index in [0.717, 1.165) is 48.1 Å². The molecule has 0 spiro atoms. The van der Waals surface area contributed by atoms with Crippen molar-refractivity contribution in [1.29, 1.82) is 0 Å². The van der Waals surface area contributed by atoms with Crippen LogP contribution in [0.3, 0.4) is 0 Å². The van der Waals surface area contributed by atoms with Crippen LogP contribution in [0.4, 0.5) is 0 Å². The first-order chi connectivity index (χ1) is 13.2. The molecule has 0 radical (unpaired) electrons. The van der Waals surface area contributed by atoms with Gasteiger partial charge in [0, 0.05) is 22.3 Å². The van der Waals surface area contributed by atoms with Gasteiger partial charge in [0.05, 0.1) is 12.3 Å². The van der Waals surface area contributed by atoms with Crippen LogP contribution in [0.5, 0.6) is 0 Å². The van der Waals surface area contributed by atoms with Gasteiger partial charge in [-0.2, -0.15) is 0 Å². The lowest BCUT2D eigenvalue weighted by atomic mass is 10.1. The summed E-state index contributed by atoms with van der Waals surface area (Å²) in [5, 5.41) is 5.84. The second kappa shape index (κ2) is 9.07. The molecule has 1 N–H and O–H groups in total. The van der Waals surface area contributed by atoms with E-state index in [0.29, 0.717) is 17.3 Å². The molecule has 0 bridgehead atoms. The Morgan fingerprint density at radius 1 is 1.11 bits per heavy atom. The van der Waals surface area contributed by atoms with Crippen LogP contribution in [-0.2, 0) is 11.3 Å². The molecule has 1 aromatic heterocycles. The van der Waals surface area contributed by atoms with Crippen molar-refractivity contribution in [3.8, 4) is 11.3 Å². The zero-order chi connectivity index (χ0) is 19.2. The number of nitrogens with zero attached hydrogens (tertiary/aromatic N) is 1. The largest absolute Gasteiger partial charge is 0.461 e. The fourth-order valence-electron chi connectivity index (χ4n) is 3.41. The smallest absolute Gasteiger partial charge is 0.355 e. The van der Waals surface area contributed by atoms with Crippen LogP contribution in [-0.4, -0.2) is 30.2 Å². The number of carbonyl (C=O) groups is 1. The Hall–Kier alpha value is -2.30. The van der Waals surface area contributed by atoms with E-state index in [4.69, 9.17) is 16.3 Å². The molecule has 3 rings (SSSR count).